The van der Waals surface area contributed by atoms with E-state index in [1.807, 2.05) is 67.6 Å². The molecule has 0 aliphatic carbocycles. The van der Waals surface area contributed by atoms with Crippen molar-refractivity contribution in [2.45, 2.75) is 20.0 Å². The number of nitrogens with zero attached hydrogens (tertiary/aromatic N) is 3. The van der Waals surface area contributed by atoms with Crippen molar-refractivity contribution in [3.05, 3.63) is 78.1 Å². The van der Waals surface area contributed by atoms with E-state index in [0.29, 0.717) is 23.7 Å². The summed E-state index contributed by atoms with van der Waals surface area (Å²) in [6.07, 6.45) is 0. The van der Waals surface area contributed by atoms with Crippen molar-refractivity contribution in [1.29, 1.82) is 0 Å². The number of aromatic nitrogens is 2. The molecule has 3 aromatic carbocycles. The van der Waals surface area contributed by atoms with Crippen LogP contribution in [0.1, 0.15) is 11.4 Å². The Balaban J connectivity index is 1.27. The molecule has 5 rings (SSSR count). The van der Waals surface area contributed by atoms with E-state index >= 15 is 0 Å². The molecule has 33 heavy (non-hydrogen) atoms. The number of benzene rings is 3. The van der Waals surface area contributed by atoms with Gasteiger partial charge in [-0.25, -0.2) is 4.98 Å². The van der Waals surface area contributed by atoms with E-state index in [-0.39, 0.29) is 12.5 Å². The van der Waals surface area contributed by atoms with E-state index in [0.717, 1.165) is 35.7 Å². The molecule has 0 fully saturated rings. The molecule has 1 N–H and O–H groups in total. The van der Waals surface area contributed by atoms with Crippen LogP contribution in [-0.2, 0) is 17.9 Å². The van der Waals surface area contributed by atoms with Crippen molar-refractivity contribution < 1.29 is 14.3 Å². The van der Waals surface area contributed by atoms with Crippen LogP contribution in [-0.4, -0.2) is 35.7 Å². The molecule has 0 saturated heterocycles. The van der Waals surface area contributed by atoms with Crippen LogP contribution in [0.4, 0.5) is 11.4 Å². The number of methoxy groups -OCH3 is 1. The van der Waals surface area contributed by atoms with Gasteiger partial charge >= 0.3 is 0 Å². The van der Waals surface area contributed by atoms with E-state index in [4.69, 9.17) is 14.5 Å². The number of nitrogens with one attached hydrogen (secondary N) is 1. The van der Waals surface area contributed by atoms with Crippen LogP contribution < -0.4 is 19.7 Å². The maximum atomic E-state index is 12.4. The number of aryl methyl sites for hydroxylation is 1. The minimum atomic E-state index is -0.242. The Morgan fingerprint density at radius 2 is 1.88 bits per heavy atom. The van der Waals surface area contributed by atoms with Crippen LogP contribution in [0.3, 0.4) is 0 Å². The van der Waals surface area contributed by atoms with Crippen LogP contribution in [0.5, 0.6) is 11.5 Å². The molecule has 1 aliphatic rings. The second kappa shape index (κ2) is 8.86. The number of hydrogen-bond donors (Lipinski definition) is 1. The maximum absolute atomic E-state index is 12.4. The van der Waals surface area contributed by atoms with Crippen molar-refractivity contribution in [1.82, 2.24) is 9.55 Å². The molecule has 1 amide bonds. The quantitative estimate of drug-likeness (QED) is 0.480. The molecule has 4 aromatic rings. The first kappa shape index (κ1) is 20.9. The fourth-order valence-electron chi connectivity index (χ4n) is 4.14. The summed E-state index contributed by atoms with van der Waals surface area (Å²) < 4.78 is 13.4. The first-order valence-corrected chi connectivity index (χ1v) is 11.0. The minimum Gasteiger partial charge on any atom is -0.494 e. The number of anilines is 2. The number of para-hydroxylation sites is 2. The highest BCUT2D eigenvalue weighted by Crippen LogP contribution is 2.32. The molecule has 0 radical (unpaired) electrons. The summed E-state index contributed by atoms with van der Waals surface area (Å²) in [6.45, 7) is 4.39. The molecule has 0 spiro atoms. The monoisotopic (exact) mass is 442 g/mol. The topological polar surface area (TPSA) is 68.6 Å². The van der Waals surface area contributed by atoms with Gasteiger partial charge in [-0.05, 0) is 43.3 Å². The highest BCUT2D eigenvalue weighted by Gasteiger charge is 2.21. The van der Waals surface area contributed by atoms with Crippen molar-refractivity contribution in [3.8, 4) is 11.5 Å². The van der Waals surface area contributed by atoms with Crippen molar-refractivity contribution in [3.63, 3.8) is 0 Å². The van der Waals surface area contributed by atoms with E-state index in [1.165, 1.54) is 5.52 Å². The normalized spacial score (nSPS) is 13.0. The molecule has 7 heteroatoms. The van der Waals surface area contributed by atoms with E-state index in [1.54, 1.807) is 7.11 Å². The van der Waals surface area contributed by atoms with Crippen molar-refractivity contribution in [2.75, 3.05) is 30.5 Å². The zero-order valence-electron chi connectivity index (χ0n) is 18.7. The first-order chi connectivity index (χ1) is 16.1. The molecule has 0 unspecified atom stereocenters. The highest BCUT2D eigenvalue weighted by atomic mass is 16.5. The van der Waals surface area contributed by atoms with Gasteiger partial charge in [0, 0.05) is 24.8 Å². The van der Waals surface area contributed by atoms with E-state index in [9.17, 15) is 4.79 Å². The van der Waals surface area contributed by atoms with Gasteiger partial charge in [0.05, 0.1) is 30.4 Å². The predicted octanol–water partition coefficient (Wildman–Crippen LogP) is 4.39. The molecular weight excluding hydrogens is 416 g/mol. The van der Waals surface area contributed by atoms with Crippen LogP contribution in [0.15, 0.2) is 66.7 Å². The number of hydrogen-bond acceptors (Lipinski definition) is 5. The van der Waals surface area contributed by atoms with Crippen LogP contribution in [0.2, 0.25) is 0 Å². The highest BCUT2D eigenvalue weighted by molar-refractivity contribution is 5.93. The molecule has 0 atom stereocenters. The molecule has 0 saturated carbocycles. The van der Waals surface area contributed by atoms with E-state index in [2.05, 4.69) is 20.9 Å². The summed E-state index contributed by atoms with van der Waals surface area (Å²) >= 11 is 0. The average molecular weight is 443 g/mol. The number of rotatable bonds is 6. The summed E-state index contributed by atoms with van der Waals surface area (Å²) in [5.41, 5.74) is 4.98. The third-order valence-corrected chi connectivity index (χ3v) is 5.87. The average Bonchev–Trinajstić information content (AvgIpc) is 3.22. The number of imidazole rings is 1. The molecule has 2 heterocycles. The lowest BCUT2D eigenvalue weighted by atomic mass is 10.2. The van der Waals surface area contributed by atoms with Gasteiger partial charge in [0.2, 0.25) is 0 Å². The standard InChI is InChI=1S/C26H26N4O3/c1-18-7-10-20(11-8-18)33-17-26(31)28-22-12-9-19(15-24(22)32-2)29-13-14-30-23-6-4-3-5-21(23)27-25(30)16-29/h3-12,15H,13-14,16-17H2,1-2H3,(H,28,31). The summed E-state index contributed by atoms with van der Waals surface area (Å²) in [5.74, 6) is 2.07. The van der Waals surface area contributed by atoms with Gasteiger partial charge in [-0.1, -0.05) is 29.8 Å². The number of carbonyl (C=O) groups is 1. The van der Waals surface area contributed by atoms with Gasteiger partial charge in [-0.15, -0.1) is 0 Å². The third kappa shape index (κ3) is 4.35. The van der Waals surface area contributed by atoms with Gasteiger partial charge in [0.25, 0.3) is 5.91 Å². The Morgan fingerprint density at radius 1 is 1.06 bits per heavy atom. The second-order valence-electron chi connectivity index (χ2n) is 8.12. The lowest BCUT2D eigenvalue weighted by molar-refractivity contribution is -0.118. The molecular formula is C26H26N4O3. The Kier molecular flexibility index (Phi) is 5.60. The lowest BCUT2D eigenvalue weighted by Gasteiger charge is -2.30. The van der Waals surface area contributed by atoms with E-state index < -0.39 is 0 Å². The van der Waals surface area contributed by atoms with Gasteiger partial charge < -0.3 is 24.3 Å². The van der Waals surface area contributed by atoms with Gasteiger partial charge in [-0.2, -0.15) is 0 Å². The zero-order valence-corrected chi connectivity index (χ0v) is 18.7. The smallest absolute Gasteiger partial charge is 0.262 e. The molecule has 1 aliphatic heterocycles. The summed E-state index contributed by atoms with van der Waals surface area (Å²) in [4.78, 5) is 19.5. The summed E-state index contributed by atoms with van der Waals surface area (Å²) in [5, 5.41) is 2.88. The number of ether oxygens (including phenoxy) is 2. The third-order valence-electron chi connectivity index (χ3n) is 5.87. The fourth-order valence-corrected chi connectivity index (χ4v) is 4.14. The maximum Gasteiger partial charge on any atom is 0.262 e. The SMILES string of the molecule is COc1cc(N2CCn3c(nc4ccccc43)C2)ccc1NC(=O)COc1ccc(C)cc1. The van der Waals surface area contributed by atoms with Crippen molar-refractivity contribution in [2.24, 2.45) is 0 Å². The number of carbonyl (C=O) groups excluding carboxylic acids is 1. The second-order valence-corrected chi connectivity index (χ2v) is 8.12. The molecule has 168 valence electrons. The summed E-state index contributed by atoms with van der Waals surface area (Å²) in [6, 6.07) is 21.7. The predicted molar refractivity (Wildman–Crippen MR) is 129 cm³/mol. The Labute approximate surface area is 192 Å². The van der Waals surface area contributed by atoms with Crippen LogP contribution in [0, 0.1) is 6.92 Å². The largest absolute Gasteiger partial charge is 0.494 e. The Morgan fingerprint density at radius 3 is 2.70 bits per heavy atom. The zero-order chi connectivity index (χ0) is 22.8. The lowest BCUT2D eigenvalue weighted by Crippen LogP contribution is -2.33. The molecule has 0 bridgehead atoms. The first-order valence-electron chi connectivity index (χ1n) is 11.0. The van der Waals surface area contributed by atoms with Gasteiger partial charge in [-0.3, -0.25) is 4.79 Å². The number of amides is 1. The molecule has 7 nitrogen and oxygen atoms in total. The fraction of sp³-hybridized carbons (Fsp3) is 0.231. The van der Waals surface area contributed by atoms with Gasteiger partial charge in [0.15, 0.2) is 6.61 Å². The molecule has 1 aromatic heterocycles. The Hall–Kier alpha value is -4.00. The Bertz CT molecular complexity index is 1300. The number of fused-ring (bicyclic) bond motifs is 3. The van der Waals surface area contributed by atoms with Crippen LogP contribution >= 0.6 is 0 Å². The van der Waals surface area contributed by atoms with Crippen LogP contribution in [0.25, 0.3) is 11.0 Å². The minimum absolute atomic E-state index is 0.0731. The van der Waals surface area contributed by atoms with Gasteiger partial charge in [0.1, 0.15) is 17.3 Å². The summed E-state index contributed by atoms with van der Waals surface area (Å²) in [7, 11) is 1.60. The van der Waals surface area contributed by atoms with Crippen molar-refractivity contribution >= 4 is 28.3 Å².